The van der Waals surface area contributed by atoms with Gasteiger partial charge in [0.1, 0.15) is 5.69 Å². The fourth-order valence-corrected chi connectivity index (χ4v) is 3.46. The van der Waals surface area contributed by atoms with Crippen molar-refractivity contribution in [2.24, 2.45) is 5.92 Å². The van der Waals surface area contributed by atoms with Crippen LogP contribution in [0.5, 0.6) is 0 Å². The number of β-amino-alcohol motifs (C(OH)–C–C–N with tert-alkyl or cyclic N) is 1. The third kappa shape index (κ3) is 3.36. The predicted molar refractivity (Wildman–Crippen MR) is 87.1 cm³/mol. The van der Waals surface area contributed by atoms with Crippen LogP contribution in [0.4, 0.5) is 0 Å². The van der Waals surface area contributed by atoms with Gasteiger partial charge in [-0.1, -0.05) is 37.3 Å². The van der Waals surface area contributed by atoms with Crippen molar-refractivity contribution < 1.29 is 9.90 Å². The van der Waals surface area contributed by atoms with Gasteiger partial charge in [0.25, 0.3) is 5.91 Å². The number of hydrogen-bond donors (Lipinski definition) is 1. The third-order valence-electron chi connectivity index (χ3n) is 4.17. The van der Waals surface area contributed by atoms with Crippen molar-refractivity contribution in [3.05, 3.63) is 52.0 Å². The molecule has 0 saturated carbocycles. The Balaban J connectivity index is 1.67. The first kappa shape index (κ1) is 15.2. The Kier molecular flexibility index (Phi) is 4.55. The highest BCUT2D eigenvalue weighted by Crippen LogP contribution is 2.21. The van der Waals surface area contributed by atoms with Crippen molar-refractivity contribution in [3.8, 4) is 0 Å². The summed E-state index contributed by atoms with van der Waals surface area (Å²) in [4.78, 5) is 18.7. The van der Waals surface area contributed by atoms with E-state index in [4.69, 9.17) is 0 Å². The van der Waals surface area contributed by atoms with E-state index in [1.807, 2.05) is 30.5 Å². The first-order valence-corrected chi connectivity index (χ1v) is 8.47. The zero-order valence-corrected chi connectivity index (χ0v) is 13.4. The minimum atomic E-state index is -0.430. The highest BCUT2D eigenvalue weighted by atomic mass is 32.1. The number of nitrogens with zero attached hydrogens (tertiary/aromatic N) is 2. The van der Waals surface area contributed by atoms with Gasteiger partial charge in [-0.25, -0.2) is 4.98 Å². The number of aliphatic hydroxyl groups excluding tert-OH is 1. The summed E-state index contributed by atoms with van der Waals surface area (Å²) in [5.41, 5.74) is 1.69. The number of benzene rings is 1. The van der Waals surface area contributed by atoms with E-state index in [2.05, 4.69) is 17.1 Å². The lowest BCUT2D eigenvalue weighted by atomic mass is 9.96. The van der Waals surface area contributed by atoms with Crippen molar-refractivity contribution in [2.75, 3.05) is 13.1 Å². The van der Waals surface area contributed by atoms with Crippen LogP contribution < -0.4 is 0 Å². The zero-order chi connectivity index (χ0) is 15.5. The molecule has 0 spiro atoms. The maximum atomic E-state index is 12.5. The molecule has 4 nitrogen and oxygen atoms in total. The number of aromatic nitrogens is 1. The Bertz CT molecular complexity index is 641. The van der Waals surface area contributed by atoms with E-state index in [1.165, 1.54) is 16.9 Å². The largest absolute Gasteiger partial charge is 0.391 e. The summed E-state index contributed by atoms with van der Waals surface area (Å²) in [6, 6.07) is 10.1. The van der Waals surface area contributed by atoms with Crippen molar-refractivity contribution in [1.82, 2.24) is 9.88 Å². The summed E-state index contributed by atoms with van der Waals surface area (Å²) in [5.74, 6) is 0.189. The predicted octanol–water partition coefficient (Wildman–Crippen LogP) is 2.58. The van der Waals surface area contributed by atoms with E-state index in [9.17, 15) is 9.90 Å². The third-order valence-corrected chi connectivity index (χ3v) is 5.02. The molecule has 1 aromatic carbocycles. The quantitative estimate of drug-likeness (QED) is 0.947. The first-order valence-electron chi connectivity index (χ1n) is 7.59. The van der Waals surface area contributed by atoms with E-state index >= 15 is 0 Å². The average Bonchev–Trinajstić information content (AvgIpc) is 2.99. The second-order valence-corrected chi connectivity index (χ2v) is 6.82. The molecule has 3 rings (SSSR count). The smallest absolute Gasteiger partial charge is 0.273 e. The Morgan fingerprint density at radius 3 is 2.91 bits per heavy atom. The molecular weight excluding hydrogens is 296 g/mol. The molecule has 1 N–H and O–H groups in total. The molecule has 1 aromatic heterocycles. The number of thiazole rings is 1. The lowest BCUT2D eigenvalue weighted by Crippen LogP contribution is -2.45. The molecule has 22 heavy (non-hydrogen) atoms. The number of carbonyl (C=O) groups excluding carboxylic acids is 1. The highest BCUT2D eigenvalue weighted by Gasteiger charge is 2.28. The van der Waals surface area contributed by atoms with E-state index in [1.54, 1.807) is 4.90 Å². The molecule has 1 fully saturated rings. The number of hydrogen-bond acceptors (Lipinski definition) is 4. The van der Waals surface area contributed by atoms with Gasteiger partial charge in [0, 0.05) is 24.9 Å². The van der Waals surface area contributed by atoms with Crippen LogP contribution in [-0.2, 0) is 6.42 Å². The Morgan fingerprint density at radius 2 is 2.18 bits per heavy atom. The van der Waals surface area contributed by atoms with E-state index in [0.717, 1.165) is 17.8 Å². The summed E-state index contributed by atoms with van der Waals surface area (Å²) < 4.78 is 0. The molecule has 2 atom stereocenters. The Hall–Kier alpha value is -1.72. The maximum Gasteiger partial charge on any atom is 0.273 e. The van der Waals surface area contributed by atoms with E-state index in [-0.39, 0.29) is 11.8 Å². The number of likely N-dealkylation sites (tertiary alicyclic amines) is 1. The molecule has 1 saturated heterocycles. The number of carbonyl (C=O) groups is 1. The van der Waals surface area contributed by atoms with Crippen molar-refractivity contribution >= 4 is 17.2 Å². The van der Waals surface area contributed by atoms with Gasteiger partial charge in [0.05, 0.1) is 11.1 Å². The molecule has 0 unspecified atom stereocenters. The molecule has 116 valence electrons. The average molecular weight is 316 g/mol. The molecule has 1 amide bonds. The van der Waals surface area contributed by atoms with Gasteiger partial charge in [-0.3, -0.25) is 4.79 Å². The van der Waals surface area contributed by atoms with E-state index < -0.39 is 6.10 Å². The molecule has 5 heteroatoms. The van der Waals surface area contributed by atoms with Gasteiger partial charge in [0.2, 0.25) is 0 Å². The molecule has 2 heterocycles. The number of piperidine rings is 1. The van der Waals surface area contributed by atoms with Gasteiger partial charge in [-0.05, 0) is 17.9 Å². The standard InChI is InChI=1S/C17H20N2O2S/c1-12-7-8-19(10-15(12)20)17(21)14-11-22-16(18-14)9-13-5-3-2-4-6-13/h2-6,11-12,15,20H,7-10H2,1H3/t12-,15-/m0/s1. The Labute approximate surface area is 134 Å². The molecule has 0 aliphatic carbocycles. The summed E-state index contributed by atoms with van der Waals surface area (Å²) >= 11 is 1.52. The topological polar surface area (TPSA) is 53.4 Å². The Morgan fingerprint density at radius 1 is 1.41 bits per heavy atom. The van der Waals surface area contributed by atoms with Gasteiger partial charge >= 0.3 is 0 Å². The highest BCUT2D eigenvalue weighted by molar-refractivity contribution is 7.09. The number of aliphatic hydroxyl groups is 1. The van der Waals surface area contributed by atoms with Crippen LogP contribution in [0.3, 0.4) is 0 Å². The van der Waals surface area contributed by atoms with Gasteiger partial charge in [-0.15, -0.1) is 11.3 Å². The van der Waals surface area contributed by atoms with Crippen LogP contribution in [-0.4, -0.2) is 40.1 Å². The fourth-order valence-electron chi connectivity index (χ4n) is 2.66. The number of amides is 1. The molecule has 1 aliphatic heterocycles. The monoisotopic (exact) mass is 316 g/mol. The molecule has 1 aliphatic rings. The lowest BCUT2D eigenvalue weighted by molar-refractivity contribution is 0.0245. The van der Waals surface area contributed by atoms with Crippen molar-refractivity contribution in [1.29, 1.82) is 0 Å². The molecule has 2 aromatic rings. The van der Waals surface area contributed by atoms with Crippen LogP contribution in [0.15, 0.2) is 35.7 Å². The zero-order valence-electron chi connectivity index (χ0n) is 12.6. The number of rotatable bonds is 3. The van der Waals surface area contributed by atoms with Gasteiger partial charge in [0.15, 0.2) is 0 Å². The van der Waals surface area contributed by atoms with E-state index in [0.29, 0.717) is 18.8 Å². The minimum Gasteiger partial charge on any atom is -0.391 e. The summed E-state index contributed by atoms with van der Waals surface area (Å²) in [6.45, 7) is 3.13. The SMILES string of the molecule is C[C@H]1CCN(C(=O)c2csc(Cc3ccccc3)n2)C[C@@H]1O. The second-order valence-electron chi connectivity index (χ2n) is 5.87. The van der Waals surface area contributed by atoms with Crippen molar-refractivity contribution in [3.63, 3.8) is 0 Å². The van der Waals surface area contributed by atoms with Gasteiger partial charge < -0.3 is 10.0 Å². The summed E-state index contributed by atoms with van der Waals surface area (Å²) in [6.07, 6.45) is 1.16. The van der Waals surface area contributed by atoms with Crippen LogP contribution in [0.2, 0.25) is 0 Å². The summed E-state index contributed by atoms with van der Waals surface area (Å²) in [7, 11) is 0. The second kappa shape index (κ2) is 6.58. The molecule has 0 bridgehead atoms. The lowest BCUT2D eigenvalue weighted by Gasteiger charge is -2.33. The van der Waals surface area contributed by atoms with Crippen molar-refractivity contribution in [2.45, 2.75) is 25.9 Å². The molecular formula is C17H20N2O2S. The van der Waals surface area contributed by atoms with Crippen LogP contribution in [0, 0.1) is 5.92 Å². The summed E-state index contributed by atoms with van der Waals surface area (Å²) in [5, 5.41) is 12.7. The van der Waals surface area contributed by atoms with Crippen LogP contribution in [0.1, 0.15) is 34.4 Å². The van der Waals surface area contributed by atoms with Gasteiger partial charge in [-0.2, -0.15) is 0 Å². The van der Waals surface area contributed by atoms with Crippen LogP contribution >= 0.6 is 11.3 Å². The normalized spacial score (nSPS) is 21.8. The maximum absolute atomic E-state index is 12.5. The minimum absolute atomic E-state index is 0.0680. The van der Waals surface area contributed by atoms with Crippen LogP contribution in [0.25, 0.3) is 0 Å². The first-order chi connectivity index (χ1) is 10.6. The molecule has 0 radical (unpaired) electrons. The fraction of sp³-hybridized carbons (Fsp3) is 0.412.